The third kappa shape index (κ3) is 1.93. The SMILES string of the molecule is COc1c(OC)c(OC)c2c(C)cc(=O)oc2c1OC. The Balaban J connectivity index is 3.10. The third-order valence-corrected chi connectivity index (χ3v) is 3.03. The van der Waals surface area contributed by atoms with Crippen LogP contribution < -0.4 is 24.6 Å². The lowest BCUT2D eigenvalue weighted by atomic mass is 10.1. The maximum absolute atomic E-state index is 11.6. The summed E-state index contributed by atoms with van der Waals surface area (Å²) in [6, 6.07) is 1.39. The Labute approximate surface area is 115 Å². The molecule has 0 aliphatic heterocycles. The minimum Gasteiger partial charge on any atom is -0.492 e. The van der Waals surface area contributed by atoms with E-state index >= 15 is 0 Å². The van der Waals surface area contributed by atoms with E-state index in [1.54, 1.807) is 6.92 Å². The predicted molar refractivity (Wildman–Crippen MR) is 73.4 cm³/mol. The van der Waals surface area contributed by atoms with Crippen LogP contribution in [0.25, 0.3) is 11.0 Å². The average Bonchev–Trinajstić information content (AvgIpc) is 2.44. The van der Waals surface area contributed by atoms with Crippen molar-refractivity contribution in [3.8, 4) is 23.0 Å². The summed E-state index contributed by atoms with van der Waals surface area (Å²) in [6.45, 7) is 1.78. The Morgan fingerprint density at radius 2 is 1.35 bits per heavy atom. The van der Waals surface area contributed by atoms with Gasteiger partial charge < -0.3 is 23.4 Å². The molecule has 0 bridgehead atoms. The summed E-state index contributed by atoms with van der Waals surface area (Å²) >= 11 is 0. The van der Waals surface area contributed by atoms with Crippen LogP contribution in [-0.4, -0.2) is 28.4 Å². The van der Waals surface area contributed by atoms with E-state index in [0.29, 0.717) is 33.9 Å². The molecule has 0 aliphatic rings. The van der Waals surface area contributed by atoms with Crippen molar-refractivity contribution in [2.24, 2.45) is 0 Å². The molecule has 1 aromatic heterocycles. The zero-order chi connectivity index (χ0) is 14.9. The number of hydrogen-bond acceptors (Lipinski definition) is 6. The van der Waals surface area contributed by atoms with Gasteiger partial charge in [-0.05, 0) is 12.5 Å². The normalized spacial score (nSPS) is 10.4. The van der Waals surface area contributed by atoms with Crippen LogP contribution in [0.4, 0.5) is 0 Å². The number of hydrogen-bond donors (Lipinski definition) is 0. The molecule has 0 radical (unpaired) electrons. The molecule has 0 unspecified atom stereocenters. The van der Waals surface area contributed by atoms with Crippen molar-refractivity contribution in [2.75, 3.05) is 28.4 Å². The molecule has 0 saturated heterocycles. The van der Waals surface area contributed by atoms with Crippen molar-refractivity contribution in [3.63, 3.8) is 0 Å². The van der Waals surface area contributed by atoms with Gasteiger partial charge in [-0.2, -0.15) is 0 Å². The molecule has 108 valence electrons. The molecule has 1 aromatic carbocycles. The van der Waals surface area contributed by atoms with E-state index < -0.39 is 5.63 Å². The number of aryl methyl sites for hydroxylation is 1. The fraction of sp³-hybridized carbons (Fsp3) is 0.357. The first kappa shape index (κ1) is 14.0. The molecule has 20 heavy (non-hydrogen) atoms. The third-order valence-electron chi connectivity index (χ3n) is 3.03. The van der Waals surface area contributed by atoms with Crippen LogP contribution in [0, 0.1) is 6.92 Å². The topological polar surface area (TPSA) is 67.1 Å². The van der Waals surface area contributed by atoms with E-state index in [1.807, 2.05) is 0 Å². The summed E-state index contributed by atoms with van der Waals surface area (Å²) in [6.07, 6.45) is 0. The van der Waals surface area contributed by atoms with Gasteiger partial charge in [-0.25, -0.2) is 4.79 Å². The molecule has 6 nitrogen and oxygen atoms in total. The van der Waals surface area contributed by atoms with Crippen LogP contribution in [0.1, 0.15) is 5.56 Å². The lowest BCUT2D eigenvalue weighted by molar-refractivity contribution is 0.306. The summed E-state index contributed by atoms with van der Waals surface area (Å²) < 4.78 is 26.6. The fourth-order valence-electron chi connectivity index (χ4n) is 2.23. The van der Waals surface area contributed by atoms with Crippen LogP contribution in [0.2, 0.25) is 0 Å². The molecule has 2 aromatic rings. The molecule has 6 heteroatoms. The van der Waals surface area contributed by atoms with Gasteiger partial charge in [0, 0.05) is 6.07 Å². The average molecular weight is 280 g/mol. The second-order valence-corrected chi connectivity index (χ2v) is 4.09. The van der Waals surface area contributed by atoms with E-state index in [-0.39, 0.29) is 5.58 Å². The van der Waals surface area contributed by atoms with Crippen LogP contribution >= 0.6 is 0 Å². The molecule has 1 heterocycles. The summed E-state index contributed by atoms with van der Waals surface area (Å²) in [5.41, 5.74) is 0.502. The minimum atomic E-state index is -0.470. The van der Waals surface area contributed by atoms with Crippen LogP contribution in [0.5, 0.6) is 23.0 Å². The summed E-state index contributed by atoms with van der Waals surface area (Å²) in [5.74, 6) is 1.42. The van der Waals surface area contributed by atoms with Gasteiger partial charge >= 0.3 is 5.63 Å². The van der Waals surface area contributed by atoms with E-state index in [4.69, 9.17) is 23.4 Å². The Bertz CT molecular complexity index is 701. The zero-order valence-corrected chi connectivity index (χ0v) is 12.0. The van der Waals surface area contributed by atoms with Crippen molar-refractivity contribution < 1.29 is 23.4 Å². The molecule has 0 N–H and O–H groups in total. The number of methoxy groups -OCH3 is 4. The smallest absolute Gasteiger partial charge is 0.336 e. The zero-order valence-electron chi connectivity index (χ0n) is 12.0. The standard InChI is InChI=1S/C14H16O6/c1-7-6-8(15)20-11-9(7)10(16-2)12(17-3)14(19-5)13(11)18-4/h6H,1-5H3. The van der Waals surface area contributed by atoms with Crippen LogP contribution in [0.15, 0.2) is 15.3 Å². The Kier molecular flexibility index (Phi) is 3.74. The van der Waals surface area contributed by atoms with E-state index in [1.165, 1.54) is 34.5 Å². The van der Waals surface area contributed by atoms with Gasteiger partial charge in [0.05, 0.1) is 33.8 Å². The van der Waals surface area contributed by atoms with Gasteiger partial charge in [-0.15, -0.1) is 0 Å². The van der Waals surface area contributed by atoms with Crippen molar-refractivity contribution in [3.05, 3.63) is 22.0 Å². The molecule has 0 saturated carbocycles. The van der Waals surface area contributed by atoms with Gasteiger partial charge in [0.2, 0.25) is 17.2 Å². The highest BCUT2D eigenvalue weighted by molar-refractivity contribution is 5.96. The quantitative estimate of drug-likeness (QED) is 0.799. The number of benzene rings is 1. The molecule has 0 atom stereocenters. The maximum Gasteiger partial charge on any atom is 0.336 e. The van der Waals surface area contributed by atoms with E-state index in [9.17, 15) is 4.79 Å². The monoisotopic (exact) mass is 280 g/mol. The van der Waals surface area contributed by atoms with Crippen molar-refractivity contribution >= 4 is 11.0 Å². The van der Waals surface area contributed by atoms with Gasteiger partial charge in [-0.1, -0.05) is 0 Å². The second-order valence-electron chi connectivity index (χ2n) is 4.09. The Morgan fingerprint density at radius 3 is 1.85 bits per heavy atom. The fourth-order valence-corrected chi connectivity index (χ4v) is 2.23. The number of rotatable bonds is 4. The lowest BCUT2D eigenvalue weighted by Gasteiger charge is -2.18. The first-order valence-electron chi connectivity index (χ1n) is 5.89. The molecule has 0 aliphatic carbocycles. The molecule has 0 fully saturated rings. The highest BCUT2D eigenvalue weighted by Crippen LogP contribution is 2.51. The second kappa shape index (κ2) is 5.32. The van der Waals surface area contributed by atoms with Crippen molar-refractivity contribution in [1.29, 1.82) is 0 Å². The van der Waals surface area contributed by atoms with Gasteiger partial charge in [-0.3, -0.25) is 0 Å². The maximum atomic E-state index is 11.6. The van der Waals surface area contributed by atoms with E-state index in [2.05, 4.69) is 0 Å². The van der Waals surface area contributed by atoms with E-state index in [0.717, 1.165) is 0 Å². The molecule has 2 rings (SSSR count). The molecular formula is C14H16O6. The summed E-state index contributed by atoms with van der Waals surface area (Å²) in [7, 11) is 5.94. The van der Waals surface area contributed by atoms with Crippen molar-refractivity contribution in [2.45, 2.75) is 6.92 Å². The number of fused-ring (bicyclic) bond motifs is 1. The van der Waals surface area contributed by atoms with Gasteiger partial charge in [0.1, 0.15) is 0 Å². The lowest BCUT2D eigenvalue weighted by Crippen LogP contribution is -2.04. The summed E-state index contributed by atoms with van der Waals surface area (Å²) in [5, 5.41) is 0.613. The highest BCUT2D eigenvalue weighted by Gasteiger charge is 2.26. The Morgan fingerprint density at radius 1 is 0.850 bits per heavy atom. The largest absolute Gasteiger partial charge is 0.492 e. The highest BCUT2D eigenvalue weighted by atomic mass is 16.5. The molecular weight excluding hydrogens is 264 g/mol. The first-order valence-corrected chi connectivity index (χ1v) is 5.89. The van der Waals surface area contributed by atoms with Gasteiger partial charge in [0.25, 0.3) is 0 Å². The van der Waals surface area contributed by atoms with Crippen LogP contribution in [-0.2, 0) is 0 Å². The molecule has 0 spiro atoms. The molecule has 0 amide bonds. The Hall–Kier alpha value is -2.37. The number of ether oxygens (including phenoxy) is 4. The van der Waals surface area contributed by atoms with Crippen LogP contribution in [0.3, 0.4) is 0 Å². The van der Waals surface area contributed by atoms with Crippen molar-refractivity contribution in [1.82, 2.24) is 0 Å². The predicted octanol–water partition coefficient (Wildman–Crippen LogP) is 2.14. The summed E-state index contributed by atoms with van der Waals surface area (Å²) in [4.78, 5) is 11.6. The minimum absolute atomic E-state index is 0.270. The van der Waals surface area contributed by atoms with Gasteiger partial charge in [0.15, 0.2) is 11.3 Å². The first-order chi connectivity index (χ1) is 9.58.